The van der Waals surface area contributed by atoms with Crippen LogP contribution in [-0.2, 0) is 0 Å². The molecule has 1 atom stereocenters. The van der Waals surface area contributed by atoms with E-state index in [1.807, 2.05) is 0 Å². The third-order valence-corrected chi connectivity index (χ3v) is 0.942. The molecule has 0 aliphatic heterocycles. The molecule has 0 aromatic carbocycles. The second-order valence-electron chi connectivity index (χ2n) is 1.64. The van der Waals surface area contributed by atoms with Gasteiger partial charge in [0, 0.05) is 6.42 Å². The van der Waals surface area contributed by atoms with Crippen LogP contribution < -0.4 is 0 Å². The Morgan fingerprint density at radius 2 is 2.22 bits per heavy atom. The van der Waals surface area contributed by atoms with E-state index in [4.69, 9.17) is 15.7 Å². The molecule has 0 rings (SSSR count). The van der Waals surface area contributed by atoms with Crippen LogP contribution in [0.2, 0.25) is 0 Å². The predicted molar refractivity (Wildman–Crippen MR) is 26.9 cm³/mol. The van der Waals surface area contributed by atoms with E-state index in [9.17, 15) is 5.21 Å². The zero-order valence-corrected chi connectivity index (χ0v) is 4.98. The van der Waals surface area contributed by atoms with Crippen molar-refractivity contribution in [2.45, 2.75) is 19.4 Å². The quantitative estimate of drug-likeness (QED) is 0.420. The summed E-state index contributed by atoms with van der Waals surface area (Å²) in [5.41, 5.74) is 0. The molecule has 5 nitrogen and oxygen atoms in total. The summed E-state index contributed by atoms with van der Waals surface area (Å²) >= 11 is 0. The molecule has 0 aliphatic carbocycles. The van der Waals surface area contributed by atoms with Crippen LogP contribution in [-0.4, -0.2) is 21.4 Å². The first-order chi connectivity index (χ1) is 4.02. The third-order valence-electron chi connectivity index (χ3n) is 0.942. The number of quaternary nitrogens is 1. The summed E-state index contributed by atoms with van der Waals surface area (Å²) < 4.78 is 0. The van der Waals surface area contributed by atoms with E-state index in [0.29, 0.717) is 0 Å². The third kappa shape index (κ3) is 2.39. The van der Waals surface area contributed by atoms with E-state index in [0.717, 1.165) is 0 Å². The van der Waals surface area contributed by atoms with Gasteiger partial charge in [0.1, 0.15) is 6.07 Å². The van der Waals surface area contributed by atoms with Gasteiger partial charge in [0.25, 0.3) is 0 Å². The monoisotopic (exact) mass is 132 g/mol. The molecular weight excluding hydrogens is 124 g/mol. The van der Waals surface area contributed by atoms with Gasteiger partial charge in [-0.05, 0) is 0 Å². The molecule has 0 aliphatic rings. The Balaban J connectivity index is 4.00. The standard InChI is InChI=1S/C4H8N2O3/c1-2-4(3-5)6(7,8)9/h4,7-8H,2H2,1H3. The van der Waals surface area contributed by atoms with Crippen molar-refractivity contribution in [3.8, 4) is 6.07 Å². The fraction of sp³-hybridized carbons (Fsp3) is 0.750. The van der Waals surface area contributed by atoms with Crippen molar-refractivity contribution in [2.24, 2.45) is 0 Å². The molecule has 0 heterocycles. The smallest absolute Gasteiger partial charge is 0.236 e. The fourth-order valence-corrected chi connectivity index (χ4v) is 0.404. The lowest BCUT2D eigenvalue weighted by atomic mass is 10.3. The number of hydrogen-bond acceptors (Lipinski definition) is 4. The molecule has 0 aromatic heterocycles. The van der Waals surface area contributed by atoms with Gasteiger partial charge in [0.15, 0.2) is 0 Å². The SMILES string of the molecule is CCC(C#N)[N+]([O-])(O)O. The lowest BCUT2D eigenvalue weighted by Gasteiger charge is -2.26. The second kappa shape index (κ2) is 2.75. The molecule has 52 valence electrons. The van der Waals surface area contributed by atoms with Gasteiger partial charge >= 0.3 is 0 Å². The van der Waals surface area contributed by atoms with Gasteiger partial charge in [-0.15, -0.1) is 0 Å². The molecule has 2 N–H and O–H groups in total. The highest BCUT2D eigenvalue weighted by molar-refractivity contribution is 4.81. The molecule has 0 bridgehead atoms. The summed E-state index contributed by atoms with van der Waals surface area (Å²) in [6, 6.07) is 0.150. The average molecular weight is 132 g/mol. The topological polar surface area (TPSA) is 87.3 Å². The summed E-state index contributed by atoms with van der Waals surface area (Å²) in [5.74, 6) is 0. The Morgan fingerprint density at radius 3 is 2.22 bits per heavy atom. The molecule has 0 fully saturated rings. The zero-order chi connectivity index (χ0) is 7.49. The number of rotatable bonds is 2. The molecule has 1 unspecified atom stereocenters. The van der Waals surface area contributed by atoms with Crippen LogP contribution >= 0.6 is 0 Å². The van der Waals surface area contributed by atoms with Crippen molar-refractivity contribution >= 4 is 0 Å². The van der Waals surface area contributed by atoms with E-state index in [-0.39, 0.29) is 6.42 Å². The Hall–Kier alpha value is -0.670. The summed E-state index contributed by atoms with van der Waals surface area (Å²) in [4.78, 5) is -2.51. The summed E-state index contributed by atoms with van der Waals surface area (Å²) in [6.07, 6.45) is 0.118. The van der Waals surface area contributed by atoms with Crippen molar-refractivity contribution in [3.63, 3.8) is 0 Å². The number of hydrogen-bond donors (Lipinski definition) is 2. The van der Waals surface area contributed by atoms with Crippen LogP contribution in [0.25, 0.3) is 0 Å². The zero-order valence-electron chi connectivity index (χ0n) is 4.98. The van der Waals surface area contributed by atoms with Crippen molar-refractivity contribution in [1.82, 2.24) is 0 Å². The molecule has 0 aromatic rings. The van der Waals surface area contributed by atoms with Crippen molar-refractivity contribution in [1.29, 1.82) is 5.26 Å². The summed E-state index contributed by atoms with van der Waals surface area (Å²) in [7, 11) is 0. The number of nitriles is 1. The molecule has 0 radical (unpaired) electrons. The normalized spacial score (nSPS) is 14.6. The van der Waals surface area contributed by atoms with Crippen molar-refractivity contribution in [3.05, 3.63) is 5.21 Å². The van der Waals surface area contributed by atoms with E-state index in [1.165, 1.54) is 13.0 Å². The maximum Gasteiger partial charge on any atom is 0.236 e. The Kier molecular flexibility index (Phi) is 2.55. The highest BCUT2D eigenvalue weighted by atomic mass is 17.1. The molecule has 0 saturated carbocycles. The second-order valence-corrected chi connectivity index (χ2v) is 1.64. The Labute approximate surface area is 52.4 Å². The van der Waals surface area contributed by atoms with Gasteiger partial charge in [-0.2, -0.15) is 15.7 Å². The van der Waals surface area contributed by atoms with Crippen LogP contribution in [0.3, 0.4) is 0 Å². The fourth-order valence-electron chi connectivity index (χ4n) is 0.404. The molecule has 5 heteroatoms. The van der Waals surface area contributed by atoms with E-state index >= 15 is 0 Å². The van der Waals surface area contributed by atoms with Crippen LogP contribution in [0.5, 0.6) is 0 Å². The van der Waals surface area contributed by atoms with Gasteiger partial charge in [-0.3, -0.25) is 0 Å². The largest absolute Gasteiger partial charge is 0.563 e. The van der Waals surface area contributed by atoms with Gasteiger partial charge < -0.3 is 5.21 Å². The summed E-state index contributed by atoms with van der Waals surface area (Å²) in [6.45, 7) is 1.52. The van der Waals surface area contributed by atoms with Gasteiger partial charge in [-0.25, -0.2) is 0 Å². The van der Waals surface area contributed by atoms with E-state index in [2.05, 4.69) is 0 Å². The van der Waals surface area contributed by atoms with Crippen LogP contribution in [0, 0.1) is 16.5 Å². The Morgan fingerprint density at radius 1 is 1.78 bits per heavy atom. The minimum absolute atomic E-state index is 0.118. The highest BCUT2D eigenvalue weighted by Gasteiger charge is 2.23. The molecule has 9 heavy (non-hydrogen) atoms. The van der Waals surface area contributed by atoms with E-state index < -0.39 is 11.0 Å². The number of hydroxylamine groups is 3. The Bertz CT molecular complexity index is 123. The molecule has 0 saturated heterocycles. The maximum atomic E-state index is 10.1. The van der Waals surface area contributed by atoms with Crippen LogP contribution in [0.4, 0.5) is 0 Å². The average Bonchev–Trinajstić information content (AvgIpc) is 1.65. The maximum absolute atomic E-state index is 10.1. The first kappa shape index (κ1) is 8.33. The highest BCUT2D eigenvalue weighted by Crippen LogP contribution is 2.04. The lowest BCUT2D eigenvalue weighted by molar-refractivity contribution is -1.22. The minimum atomic E-state index is -2.51. The van der Waals surface area contributed by atoms with Crippen molar-refractivity contribution in [2.75, 3.05) is 0 Å². The van der Waals surface area contributed by atoms with Gasteiger partial charge in [0.05, 0.1) is 0 Å². The van der Waals surface area contributed by atoms with Gasteiger partial charge in [-0.1, -0.05) is 11.9 Å². The number of nitrogens with zero attached hydrogens (tertiary/aromatic N) is 2. The van der Waals surface area contributed by atoms with Crippen LogP contribution in [0.1, 0.15) is 13.3 Å². The van der Waals surface area contributed by atoms with Gasteiger partial charge in [0.2, 0.25) is 6.04 Å². The molecular formula is C4H8N2O3. The summed E-state index contributed by atoms with van der Waals surface area (Å²) in [5, 5.41) is 34.6. The van der Waals surface area contributed by atoms with E-state index in [1.54, 1.807) is 0 Å². The predicted octanol–water partition coefficient (Wildman–Crippen LogP) is 0.382. The van der Waals surface area contributed by atoms with Crippen molar-refractivity contribution < 1.29 is 15.4 Å². The van der Waals surface area contributed by atoms with Crippen LogP contribution in [0.15, 0.2) is 0 Å². The molecule has 0 amide bonds. The molecule has 0 spiro atoms. The lowest BCUT2D eigenvalue weighted by Crippen LogP contribution is -2.43. The first-order valence-electron chi connectivity index (χ1n) is 2.47. The minimum Gasteiger partial charge on any atom is -0.563 e. The first-order valence-corrected chi connectivity index (χ1v) is 2.47.